The molecule has 0 radical (unpaired) electrons. The first-order valence-corrected chi connectivity index (χ1v) is 10.2. The van der Waals surface area contributed by atoms with E-state index in [2.05, 4.69) is 46.5 Å². The van der Waals surface area contributed by atoms with Gasteiger partial charge in [0, 0.05) is 25.4 Å². The number of aromatic hydroxyl groups is 1. The Morgan fingerprint density at radius 3 is 2.30 bits per heavy atom. The van der Waals surface area contributed by atoms with Gasteiger partial charge in [0.15, 0.2) is 0 Å². The van der Waals surface area contributed by atoms with Crippen molar-refractivity contribution in [3.8, 4) is 5.75 Å². The van der Waals surface area contributed by atoms with Crippen LogP contribution in [0.5, 0.6) is 5.75 Å². The third kappa shape index (κ3) is 8.78. The predicted molar refractivity (Wildman–Crippen MR) is 128 cm³/mol. The van der Waals surface area contributed by atoms with Gasteiger partial charge in [0.25, 0.3) is 0 Å². The number of carbonyl (C=O) groups excluding carboxylic acids is 1. The number of nitrogens with zero attached hydrogens (tertiary/aromatic N) is 1. The molecule has 0 aliphatic carbocycles. The molecule has 1 amide bonds. The minimum absolute atomic E-state index is 0.0294. The number of nitrogens with one attached hydrogen (secondary N) is 2. The molecule has 0 heterocycles. The maximum absolute atomic E-state index is 12.0. The summed E-state index contributed by atoms with van der Waals surface area (Å²) < 4.78 is 0. The molecule has 2 rings (SSSR count). The molecule has 0 saturated carbocycles. The van der Waals surface area contributed by atoms with Crippen molar-refractivity contribution in [2.75, 3.05) is 12.4 Å². The van der Waals surface area contributed by atoms with Crippen molar-refractivity contribution < 1.29 is 9.90 Å². The first-order chi connectivity index (χ1) is 14.5. The standard InChI is InChI=1S/C23H27N3O2.C2H6/c1-4-19(16-25-17(2)24-3)20-10-8-18(9-11-20)6-5-7-23(28)26-21-12-14-22(27)15-13-21;1-2/h4,8-16,27H,1,5-7H2,2-3H3,(H,24,25)(H,26,28);1-2H3/b19-16+;. The lowest BCUT2D eigenvalue weighted by Crippen LogP contribution is -2.13. The Labute approximate surface area is 180 Å². The highest BCUT2D eigenvalue weighted by Crippen LogP contribution is 2.17. The molecule has 0 unspecified atom stereocenters. The lowest BCUT2D eigenvalue weighted by Gasteiger charge is -2.07. The van der Waals surface area contributed by atoms with Gasteiger partial charge in [0.2, 0.25) is 5.91 Å². The number of aryl methyl sites for hydroxylation is 1. The third-order valence-corrected chi connectivity index (χ3v) is 4.30. The summed E-state index contributed by atoms with van der Waals surface area (Å²) in [7, 11) is 1.74. The van der Waals surface area contributed by atoms with Crippen LogP contribution in [-0.4, -0.2) is 23.9 Å². The fourth-order valence-corrected chi connectivity index (χ4v) is 2.59. The molecule has 5 heteroatoms. The second kappa shape index (κ2) is 13.8. The van der Waals surface area contributed by atoms with E-state index in [0.29, 0.717) is 12.1 Å². The minimum atomic E-state index is -0.0294. The quantitative estimate of drug-likeness (QED) is 0.233. The van der Waals surface area contributed by atoms with E-state index in [-0.39, 0.29) is 11.7 Å². The largest absolute Gasteiger partial charge is 0.508 e. The van der Waals surface area contributed by atoms with Crippen molar-refractivity contribution in [3.63, 3.8) is 0 Å². The zero-order valence-corrected chi connectivity index (χ0v) is 18.4. The fourth-order valence-electron chi connectivity index (χ4n) is 2.59. The number of allylic oxidation sites excluding steroid dienone is 2. The maximum Gasteiger partial charge on any atom is 0.224 e. The lowest BCUT2D eigenvalue weighted by molar-refractivity contribution is -0.116. The van der Waals surface area contributed by atoms with Gasteiger partial charge in [0.05, 0.1) is 5.84 Å². The number of anilines is 1. The van der Waals surface area contributed by atoms with Crippen LogP contribution >= 0.6 is 0 Å². The molecule has 0 bridgehead atoms. The van der Waals surface area contributed by atoms with Crippen molar-refractivity contribution in [1.29, 1.82) is 0 Å². The Morgan fingerprint density at radius 2 is 1.73 bits per heavy atom. The van der Waals surface area contributed by atoms with Crippen molar-refractivity contribution in [2.45, 2.75) is 40.0 Å². The SMILES string of the molecule is C=C/C(=C\NC(C)=NC)c1ccc(CCCC(=O)Nc2ccc(O)cc2)cc1.CC. The maximum atomic E-state index is 12.0. The number of amidine groups is 1. The average molecular weight is 408 g/mol. The van der Waals surface area contributed by atoms with E-state index in [4.69, 9.17) is 0 Å². The molecule has 5 nitrogen and oxygen atoms in total. The number of hydrogen-bond donors (Lipinski definition) is 3. The molecule has 0 aliphatic rings. The number of hydrogen-bond acceptors (Lipinski definition) is 3. The highest BCUT2D eigenvalue weighted by atomic mass is 16.3. The molecule has 0 fully saturated rings. The molecule has 2 aromatic rings. The molecular weight excluding hydrogens is 374 g/mol. The van der Waals surface area contributed by atoms with E-state index in [9.17, 15) is 9.90 Å². The fraction of sp³-hybridized carbons (Fsp3) is 0.280. The van der Waals surface area contributed by atoms with Crippen LogP contribution in [0.3, 0.4) is 0 Å². The average Bonchev–Trinajstić information content (AvgIpc) is 2.78. The van der Waals surface area contributed by atoms with Crippen molar-refractivity contribution in [2.24, 2.45) is 4.99 Å². The van der Waals surface area contributed by atoms with Crippen LogP contribution in [0, 0.1) is 0 Å². The number of benzene rings is 2. The summed E-state index contributed by atoms with van der Waals surface area (Å²) in [6, 6.07) is 14.7. The number of phenolic OH excluding ortho intramolecular Hbond substituents is 1. The predicted octanol–water partition coefficient (Wildman–Crippen LogP) is 5.54. The van der Waals surface area contributed by atoms with Gasteiger partial charge in [-0.2, -0.15) is 0 Å². The molecular formula is C25H33N3O2. The zero-order valence-electron chi connectivity index (χ0n) is 18.4. The number of amides is 1. The summed E-state index contributed by atoms with van der Waals surface area (Å²) in [5.74, 6) is 0.986. The number of phenols is 1. The van der Waals surface area contributed by atoms with Crippen LogP contribution in [0.15, 0.2) is 72.4 Å². The topological polar surface area (TPSA) is 73.7 Å². The first kappa shape index (κ1) is 24.7. The Kier molecular flexibility index (Phi) is 11.3. The lowest BCUT2D eigenvalue weighted by atomic mass is 10.0. The number of aliphatic imine (C=N–C) groups is 1. The monoisotopic (exact) mass is 407 g/mol. The second-order valence-electron chi connectivity index (χ2n) is 6.40. The molecule has 2 aromatic carbocycles. The van der Waals surface area contributed by atoms with E-state index in [1.807, 2.05) is 27.0 Å². The summed E-state index contributed by atoms with van der Waals surface area (Å²) >= 11 is 0. The Hall–Kier alpha value is -3.34. The third-order valence-electron chi connectivity index (χ3n) is 4.30. The minimum Gasteiger partial charge on any atom is -0.508 e. The second-order valence-corrected chi connectivity index (χ2v) is 6.40. The van der Waals surface area contributed by atoms with Crippen LogP contribution in [-0.2, 0) is 11.2 Å². The van der Waals surface area contributed by atoms with E-state index < -0.39 is 0 Å². The van der Waals surface area contributed by atoms with E-state index >= 15 is 0 Å². The number of rotatable bonds is 8. The summed E-state index contributed by atoms with van der Waals surface area (Å²) in [6.45, 7) is 9.77. The normalized spacial score (nSPS) is 11.2. The highest BCUT2D eigenvalue weighted by molar-refractivity contribution is 5.90. The highest BCUT2D eigenvalue weighted by Gasteiger charge is 2.04. The van der Waals surface area contributed by atoms with Crippen LogP contribution in [0.1, 0.15) is 44.7 Å². The van der Waals surface area contributed by atoms with Crippen LogP contribution < -0.4 is 10.6 Å². The van der Waals surface area contributed by atoms with Crippen molar-refractivity contribution in [3.05, 3.63) is 78.5 Å². The van der Waals surface area contributed by atoms with Gasteiger partial charge in [-0.15, -0.1) is 0 Å². The van der Waals surface area contributed by atoms with Gasteiger partial charge in [0.1, 0.15) is 5.75 Å². The summed E-state index contributed by atoms with van der Waals surface area (Å²) in [5.41, 5.74) is 3.93. The van der Waals surface area contributed by atoms with Gasteiger partial charge in [-0.3, -0.25) is 9.79 Å². The molecule has 3 N–H and O–H groups in total. The summed E-state index contributed by atoms with van der Waals surface area (Å²) in [4.78, 5) is 16.1. The Balaban J connectivity index is 0.00000218. The smallest absolute Gasteiger partial charge is 0.224 e. The first-order valence-electron chi connectivity index (χ1n) is 10.2. The molecule has 30 heavy (non-hydrogen) atoms. The van der Waals surface area contributed by atoms with Crippen LogP contribution in [0.4, 0.5) is 5.69 Å². The van der Waals surface area contributed by atoms with Gasteiger partial charge >= 0.3 is 0 Å². The van der Waals surface area contributed by atoms with Crippen LogP contribution in [0.25, 0.3) is 5.57 Å². The zero-order chi connectivity index (χ0) is 22.4. The number of carbonyl (C=O) groups is 1. The van der Waals surface area contributed by atoms with Gasteiger partial charge < -0.3 is 15.7 Å². The molecule has 160 valence electrons. The summed E-state index contributed by atoms with van der Waals surface area (Å²) in [5, 5.41) is 15.2. The summed E-state index contributed by atoms with van der Waals surface area (Å²) in [6.07, 6.45) is 5.73. The Bertz CT molecular complexity index is 851. The van der Waals surface area contributed by atoms with Gasteiger partial charge in [-0.1, -0.05) is 50.8 Å². The molecule has 0 spiro atoms. The Morgan fingerprint density at radius 1 is 1.10 bits per heavy atom. The van der Waals surface area contributed by atoms with E-state index in [1.54, 1.807) is 37.4 Å². The van der Waals surface area contributed by atoms with Crippen molar-refractivity contribution >= 4 is 23.0 Å². The van der Waals surface area contributed by atoms with Crippen molar-refractivity contribution in [1.82, 2.24) is 5.32 Å². The van der Waals surface area contributed by atoms with Crippen LogP contribution in [0.2, 0.25) is 0 Å². The van der Waals surface area contributed by atoms with E-state index in [0.717, 1.165) is 29.8 Å². The molecule has 0 atom stereocenters. The van der Waals surface area contributed by atoms with E-state index in [1.165, 1.54) is 5.56 Å². The van der Waals surface area contributed by atoms with Gasteiger partial charge in [-0.05, 0) is 60.7 Å². The molecule has 0 aromatic heterocycles. The molecule has 0 saturated heterocycles. The molecule has 0 aliphatic heterocycles. The van der Waals surface area contributed by atoms with Gasteiger partial charge in [-0.25, -0.2) is 0 Å².